The number of carbonyl (C=O) groups is 3. The van der Waals surface area contributed by atoms with E-state index < -0.39 is 11.9 Å². The van der Waals surface area contributed by atoms with E-state index >= 15 is 0 Å². The van der Waals surface area contributed by atoms with Crippen LogP contribution in [0.3, 0.4) is 0 Å². The number of ether oxygens (including phenoxy) is 3. The molecular formula is C48H51N5O7. The summed E-state index contributed by atoms with van der Waals surface area (Å²) in [5, 5.41) is 12.6. The van der Waals surface area contributed by atoms with Crippen molar-refractivity contribution < 1.29 is 33.7 Å². The molecule has 0 saturated carbocycles. The van der Waals surface area contributed by atoms with E-state index in [9.17, 15) is 19.5 Å². The Balaban J connectivity index is 0.700. The second-order valence-corrected chi connectivity index (χ2v) is 17.9. The number of nitrogens with one attached hydrogen (secondary N) is 1. The number of fused-ring (bicyclic) bond motifs is 6. The summed E-state index contributed by atoms with van der Waals surface area (Å²) in [5.41, 5.74) is 7.26. The van der Waals surface area contributed by atoms with Gasteiger partial charge in [-0.15, -0.1) is 0 Å². The fourth-order valence-electron chi connectivity index (χ4n) is 11.3. The Morgan fingerprint density at radius 2 is 1.65 bits per heavy atom. The Morgan fingerprint density at radius 3 is 2.47 bits per heavy atom. The molecule has 0 unspecified atom stereocenters. The average molecular weight is 810 g/mol. The van der Waals surface area contributed by atoms with Gasteiger partial charge in [0.1, 0.15) is 29.9 Å². The van der Waals surface area contributed by atoms with E-state index in [2.05, 4.69) is 74.6 Å². The van der Waals surface area contributed by atoms with Crippen molar-refractivity contribution in [1.82, 2.24) is 15.1 Å². The van der Waals surface area contributed by atoms with Crippen LogP contribution in [0.15, 0.2) is 84.9 Å². The minimum absolute atomic E-state index is 0.0599. The Labute approximate surface area is 350 Å². The molecule has 11 rings (SSSR count). The van der Waals surface area contributed by atoms with Crippen LogP contribution in [-0.2, 0) is 20.9 Å². The zero-order valence-electron chi connectivity index (χ0n) is 33.8. The highest BCUT2D eigenvalue weighted by Gasteiger charge is 2.46. The maximum absolute atomic E-state index is 13.4. The third kappa shape index (κ3) is 6.55. The van der Waals surface area contributed by atoms with Gasteiger partial charge in [0.15, 0.2) is 0 Å². The van der Waals surface area contributed by atoms with Gasteiger partial charge >= 0.3 is 0 Å². The number of piperazine rings is 1. The van der Waals surface area contributed by atoms with E-state index in [0.29, 0.717) is 37.7 Å². The van der Waals surface area contributed by atoms with Crippen LogP contribution < -0.4 is 24.6 Å². The molecule has 12 nitrogen and oxygen atoms in total. The molecule has 4 saturated heterocycles. The van der Waals surface area contributed by atoms with Crippen LogP contribution in [0.25, 0.3) is 0 Å². The molecule has 1 spiro atoms. The van der Waals surface area contributed by atoms with Gasteiger partial charge in [0.25, 0.3) is 5.91 Å². The van der Waals surface area contributed by atoms with Gasteiger partial charge in [-0.05, 0) is 73.1 Å². The predicted octanol–water partition coefficient (Wildman–Crippen LogP) is 5.42. The van der Waals surface area contributed by atoms with Crippen LogP contribution in [0.4, 0.5) is 11.4 Å². The Bertz CT molecular complexity index is 2330. The zero-order chi connectivity index (χ0) is 40.5. The van der Waals surface area contributed by atoms with Crippen molar-refractivity contribution in [2.24, 2.45) is 5.92 Å². The summed E-state index contributed by atoms with van der Waals surface area (Å²) < 4.78 is 19.3. The number of nitrogens with zero attached hydrogens (tertiary/aromatic N) is 4. The number of hydrogen-bond acceptors (Lipinski definition) is 10. The maximum atomic E-state index is 13.4. The molecule has 7 aliphatic rings. The number of piperidine rings is 2. The molecule has 2 N–H and O–H groups in total. The Kier molecular flexibility index (Phi) is 9.26. The molecule has 4 aromatic carbocycles. The molecule has 7 aliphatic heterocycles. The minimum atomic E-state index is -0.642. The third-order valence-corrected chi connectivity index (χ3v) is 14.4. The fourth-order valence-corrected chi connectivity index (χ4v) is 11.3. The highest BCUT2D eigenvalue weighted by Crippen LogP contribution is 2.48. The number of phenols is 1. The number of aromatic hydroxyl groups is 1. The van der Waals surface area contributed by atoms with Crippen molar-refractivity contribution in [3.05, 3.63) is 113 Å². The van der Waals surface area contributed by atoms with Crippen molar-refractivity contribution >= 4 is 29.1 Å². The lowest BCUT2D eigenvalue weighted by Gasteiger charge is -2.46. The highest BCUT2D eigenvalue weighted by molar-refractivity contribution is 6.06. The number of amides is 3. The van der Waals surface area contributed by atoms with Gasteiger partial charge in [-0.2, -0.15) is 0 Å². The van der Waals surface area contributed by atoms with Crippen molar-refractivity contribution in [3.63, 3.8) is 0 Å². The summed E-state index contributed by atoms with van der Waals surface area (Å²) in [4.78, 5) is 46.9. The second-order valence-electron chi connectivity index (χ2n) is 17.9. The van der Waals surface area contributed by atoms with Crippen LogP contribution in [0, 0.1) is 5.92 Å². The summed E-state index contributed by atoms with van der Waals surface area (Å²) in [5.74, 6) is 1.67. The lowest BCUT2D eigenvalue weighted by atomic mass is 9.76. The van der Waals surface area contributed by atoms with Crippen molar-refractivity contribution in [2.75, 3.05) is 68.9 Å². The topological polar surface area (TPSA) is 124 Å². The highest BCUT2D eigenvalue weighted by atomic mass is 16.5. The fraction of sp³-hybridized carbons (Fsp3) is 0.438. The molecule has 7 heterocycles. The van der Waals surface area contributed by atoms with Crippen LogP contribution in [0.5, 0.6) is 17.2 Å². The first kappa shape index (κ1) is 37.4. The van der Waals surface area contributed by atoms with Gasteiger partial charge in [0.05, 0.1) is 37.1 Å². The molecule has 4 fully saturated rings. The first-order valence-corrected chi connectivity index (χ1v) is 21.7. The smallest absolute Gasteiger partial charge is 0.255 e. The first-order chi connectivity index (χ1) is 29.3. The molecule has 0 radical (unpaired) electrons. The first-order valence-electron chi connectivity index (χ1n) is 21.7. The number of phenolic OH excluding ortho intramolecular Hbond substituents is 1. The molecule has 4 aromatic rings. The summed E-state index contributed by atoms with van der Waals surface area (Å²) in [6.07, 6.45) is 3.71. The van der Waals surface area contributed by atoms with Gasteiger partial charge in [-0.3, -0.25) is 24.6 Å². The normalized spacial score (nSPS) is 27.1. The third-order valence-electron chi connectivity index (χ3n) is 14.4. The molecule has 0 aromatic heterocycles. The lowest BCUT2D eigenvalue weighted by molar-refractivity contribution is -0.136. The van der Waals surface area contributed by atoms with E-state index in [1.807, 2.05) is 18.2 Å². The number of carbonyl (C=O) groups excluding carboxylic acids is 3. The Morgan fingerprint density at radius 1 is 0.817 bits per heavy atom. The zero-order valence-corrected chi connectivity index (χ0v) is 33.8. The van der Waals surface area contributed by atoms with Gasteiger partial charge in [-0.25, -0.2) is 0 Å². The van der Waals surface area contributed by atoms with E-state index in [1.54, 1.807) is 17.0 Å². The SMILES string of the molecule is O=C1CC[C@@H](N2Cc3c(ccc4c3OC[C@@H]3CN(C[C@@H]5COC6(CCN(c7ccc([C@H]8c9ccc(O)cc9OC[C@H]8c8ccccc8)cc7)CC6)C5)CCN43)C2=O)C(=O)N1. The molecule has 60 heavy (non-hydrogen) atoms. The van der Waals surface area contributed by atoms with Gasteiger partial charge < -0.3 is 34.0 Å². The molecule has 0 bridgehead atoms. The number of rotatable bonds is 6. The second kappa shape index (κ2) is 14.8. The van der Waals surface area contributed by atoms with Gasteiger partial charge in [0.2, 0.25) is 11.8 Å². The van der Waals surface area contributed by atoms with Crippen LogP contribution in [-0.4, -0.2) is 109 Å². The number of hydrogen-bond donors (Lipinski definition) is 2. The molecule has 310 valence electrons. The number of imide groups is 1. The Hall–Kier alpha value is -5.59. The molecule has 12 heteroatoms. The standard InChI is InChI=1S/C48H51N5O7/c54-35-10-11-37-42(22-35)58-29-39(31-4-2-1-3-5-31)44(37)32-6-8-33(9-7-32)51-18-16-48(17-19-51)23-30(27-60-48)24-50-20-21-52-34(25-50)28-59-45-38-26-53(41-14-15-43(55)49-46(41)56)47(57)36(38)12-13-40(45)52/h1-13,22,30,34,39,41,44,54H,14-21,23-29H2,(H,49,55,56)/t30-,34+,39+,41-,44+/m1/s1. The number of anilines is 2. The maximum Gasteiger partial charge on any atom is 0.255 e. The van der Waals surface area contributed by atoms with Gasteiger partial charge in [-0.1, -0.05) is 48.5 Å². The van der Waals surface area contributed by atoms with E-state index in [4.69, 9.17) is 14.2 Å². The van der Waals surface area contributed by atoms with E-state index in [-0.39, 0.29) is 47.5 Å². The minimum Gasteiger partial charge on any atom is -0.508 e. The summed E-state index contributed by atoms with van der Waals surface area (Å²) in [7, 11) is 0. The average Bonchev–Trinajstić information content (AvgIpc) is 3.82. The van der Waals surface area contributed by atoms with E-state index in [0.717, 1.165) is 93.5 Å². The molecular weight excluding hydrogens is 759 g/mol. The molecule has 3 amide bonds. The van der Waals surface area contributed by atoms with Crippen LogP contribution >= 0.6 is 0 Å². The quantitative estimate of drug-likeness (QED) is 0.244. The summed E-state index contributed by atoms with van der Waals surface area (Å²) in [6, 6.07) is 28.7. The summed E-state index contributed by atoms with van der Waals surface area (Å²) in [6.45, 7) is 7.93. The largest absolute Gasteiger partial charge is 0.508 e. The number of benzene rings is 4. The van der Waals surface area contributed by atoms with E-state index in [1.165, 1.54) is 16.8 Å². The van der Waals surface area contributed by atoms with Crippen molar-refractivity contribution in [1.29, 1.82) is 0 Å². The molecule has 0 aliphatic carbocycles. The van der Waals surface area contributed by atoms with Crippen LogP contribution in [0.2, 0.25) is 0 Å². The van der Waals surface area contributed by atoms with Crippen LogP contribution in [0.1, 0.15) is 76.6 Å². The lowest BCUT2D eigenvalue weighted by Crippen LogP contribution is -2.58. The van der Waals surface area contributed by atoms with Crippen molar-refractivity contribution in [3.8, 4) is 17.2 Å². The van der Waals surface area contributed by atoms with Gasteiger partial charge in [0, 0.05) is 86.0 Å². The van der Waals surface area contributed by atoms with Crippen molar-refractivity contribution in [2.45, 2.75) is 68.2 Å². The monoisotopic (exact) mass is 809 g/mol. The predicted molar refractivity (Wildman–Crippen MR) is 225 cm³/mol. The molecule has 5 atom stereocenters. The summed E-state index contributed by atoms with van der Waals surface area (Å²) >= 11 is 0.